The third kappa shape index (κ3) is 2.12. The molecule has 4 atom stereocenters. The Kier molecular flexibility index (Phi) is 3.24. The molecule has 0 amide bonds. The van der Waals surface area contributed by atoms with Gasteiger partial charge in [-0.25, -0.2) is 0 Å². The van der Waals surface area contributed by atoms with Gasteiger partial charge in [0.15, 0.2) is 0 Å². The summed E-state index contributed by atoms with van der Waals surface area (Å²) >= 11 is 3.35. The molecule has 0 radical (unpaired) electrons. The molecule has 2 aliphatic rings. The Morgan fingerprint density at radius 3 is 2.78 bits per heavy atom. The summed E-state index contributed by atoms with van der Waals surface area (Å²) < 4.78 is 0.940. The second kappa shape index (κ2) is 4.74. The van der Waals surface area contributed by atoms with Crippen molar-refractivity contribution in [1.29, 1.82) is 0 Å². The Hall–Kier alpha value is -0.740. The molecule has 0 aromatic carbocycles. The van der Waals surface area contributed by atoms with E-state index in [0.29, 0.717) is 18.3 Å². The average Bonchev–Trinajstić information content (AvgIpc) is 2.92. The van der Waals surface area contributed by atoms with Crippen LogP contribution in [0.3, 0.4) is 0 Å². The molecule has 1 aromatic rings. The van der Waals surface area contributed by atoms with Crippen LogP contribution in [0.5, 0.6) is 0 Å². The highest BCUT2D eigenvalue weighted by Gasteiger charge is 2.48. The molecule has 4 unspecified atom stereocenters. The van der Waals surface area contributed by atoms with Crippen LogP contribution in [0.1, 0.15) is 25.0 Å². The molecule has 18 heavy (non-hydrogen) atoms. The van der Waals surface area contributed by atoms with E-state index in [1.807, 2.05) is 12.1 Å². The number of carbonyl (C=O) groups excluding carboxylic acids is 1. The number of aromatic nitrogens is 1. The van der Waals surface area contributed by atoms with E-state index in [1.54, 1.807) is 6.20 Å². The van der Waals surface area contributed by atoms with Crippen molar-refractivity contribution in [3.8, 4) is 0 Å². The van der Waals surface area contributed by atoms with Gasteiger partial charge in [0, 0.05) is 34.7 Å². The number of carbonyl (C=O) groups is 1. The highest BCUT2D eigenvalue weighted by Crippen LogP contribution is 2.48. The number of nitrogens with zero attached hydrogens (tertiary/aromatic N) is 1. The number of ketones is 1. The third-order valence-electron chi connectivity index (χ3n) is 4.50. The average molecular weight is 309 g/mol. The van der Waals surface area contributed by atoms with E-state index < -0.39 is 0 Å². The monoisotopic (exact) mass is 308 g/mol. The van der Waals surface area contributed by atoms with Crippen LogP contribution in [0.4, 0.5) is 0 Å². The number of rotatable bonds is 3. The van der Waals surface area contributed by atoms with Crippen molar-refractivity contribution in [2.75, 3.05) is 0 Å². The molecule has 0 aliphatic heterocycles. The summed E-state index contributed by atoms with van der Waals surface area (Å²) in [6.07, 6.45) is 5.72. The largest absolute Gasteiger partial charge is 0.327 e. The van der Waals surface area contributed by atoms with E-state index in [-0.39, 0.29) is 17.7 Å². The Morgan fingerprint density at radius 1 is 1.39 bits per heavy atom. The highest BCUT2D eigenvalue weighted by molar-refractivity contribution is 9.10. The van der Waals surface area contributed by atoms with Crippen molar-refractivity contribution >= 4 is 21.7 Å². The SMILES string of the molecule is NC1C2CCC(C2)C1C(=O)Cc1ccc(Br)cn1. The van der Waals surface area contributed by atoms with Crippen LogP contribution in [0.2, 0.25) is 0 Å². The van der Waals surface area contributed by atoms with Crippen LogP contribution >= 0.6 is 15.9 Å². The van der Waals surface area contributed by atoms with Crippen LogP contribution < -0.4 is 5.73 Å². The molecule has 1 aromatic heterocycles. The van der Waals surface area contributed by atoms with Crippen LogP contribution in [0.25, 0.3) is 0 Å². The smallest absolute Gasteiger partial charge is 0.143 e. The maximum Gasteiger partial charge on any atom is 0.143 e. The minimum Gasteiger partial charge on any atom is -0.327 e. The summed E-state index contributed by atoms with van der Waals surface area (Å²) in [6.45, 7) is 0. The van der Waals surface area contributed by atoms with E-state index in [1.165, 1.54) is 12.8 Å². The summed E-state index contributed by atoms with van der Waals surface area (Å²) in [4.78, 5) is 16.6. The van der Waals surface area contributed by atoms with Gasteiger partial charge in [0.25, 0.3) is 0 Å². The molecular weight excluding hydrogens is 292 g/mol. The number of hydrogen-bond donors (Lipinski definition) is 1. The molecule has 3 nitrogen and oxygen atoms in total. The van der Waals surface area contributed by atoms with Gasteiger partial charge in [-0.3, -0.25) is 9.78 Å². The molecule has 0 spiro atoms. The second-order valence-corrected chi connectivity index (χ2v) is 6.46. The molecule has 96 valence electrons. The first-order valence-corrected chi connectivity index (χ1v) is 7.33. The minimum absolute atomic E-state index is 0.0780. The van der Waals surface area contributed by atoms with Crippen molar-refractivity contribution in [3.05, 3.63) is 28.5 Å². The number of hydrogen-bond acceptors (Lipinski definition) is 3. The first kappa shape index (κ1) is 12.3. The molecule has 1 heterocycles. The van der Waals surface area contributed by atoms with Crippen molar-refractivity contribution in [3.63, 3.8) is 0 Å². The summed E-state index contributed by atoms with van der Waals surface area (Å²) in [5, 5.41) is 0. The summed E-state index contributed by atoms with van der Waals surface area (Å²) in [5.41, 5.74) is 7.04. The molecule has 2 saturated carbocycles. The third-order valence-corrected chi connectivity index (χ3v) is 4.97. The van der Waals surface area contributed by atoms with Gasteiger partial charge in [0.2, 0.25) is 0 Å². The number of halogens is 1. The van der Waals surface area contributed by atoms with Gasteiger partial charge >= 0.3 is 0 Å². The maximum atomic E-state index is 12.4. The number of nitrogens with two attached hydrogens (primary N) is 1. The fourth-order valence-electron chi connectivity index (χ4n) is 3.62. The van der Waals surface area contributed by atoms with Gasteiger partial charge in [-0.1, -0.05) is 0 Å². The lowest BCUT2D eigenvalue weighted by atomic mass is 9.81. The van der Waals surface area contributed by atoms with Crippen LogP contribution in [0.15, 0.2) is 22.8 Å². The van der Waals surface area contributed by atoms with Gasteiger partial charge in [-0.05, 0) is 59.2 Å². The van der Waals surface area contributed by atoms with Gasteiger partial charge < -0.3 is 5.73 Å². The fourth-order valence-corrected chi connectivity index (χ4v) is 3.86. The Balaban J connectivity index is 1.70. The van der Waals surface area contributed by atoms with Gasteiger partial charge in [0.05, 0.1) is 0 Å². The normalized spacial score (nSPS) is 33.9. The predicted molar refractivity (Wildman–Crippen MR) is 72.9 cm³/mol. The molecule has 2 N–H and O–H groups in total. The molecule has 2 bridgehead atoms. The van der Waals surface area contributed by atoms with Crippen molar-refractivity contribution in [2.45, 2.75) is 31.7 Å². The van der Waals surface area contributed by atoms with Crippen molar-refractivity contribution < 1.29 is 4.79 Å². The Morgan fingerprint density at radius 2 is 2.17 bits per heavy atom. The standard InChI is InChI=1S/C14H17BrN2O/c15-10-3-4-11(17-7-10)6-12(18)13-8-1-2-9(5-8)14(13)16/h3-4,7-9,13-14H,1-2,5-6,16H2. The van der Waals surface area contributed by atoms with E-state index in [0.717, 1.165) is 16.6 Å². The van der Waals surface area contributed by atoms with Crippen LogP contribution in [-0.4, -0.2) is 16.8 Å². The lowest BCUT2D eigenvalue weighted by molar-refractivity contribution is -0.124. The van der Waals surface area contributed by atoms with Gasteiger partial charge in [0.1, 0.15) is 5.78 Å². The van der Waals surface area contributed by atoms with E-state index in [4.69, 9.17) is 5.73 Å². The first-order valence-electron chi connectivity index (χ1n) is 6.54. The number of pyridine rings is 1. The lowest BCUT2D eigenvalue weighted by Gasteiger charge is -2.26. The van der Waals surface area contributed by atoms with E-state index in [2.05, 4.69) is 20.9 Å². The summed E-state index contributed by atoms with van der Waals surface area (Å²) in [5.74, 6) is 1.48. The molecule has 0 saturated heterocycles. The zero-order valence-electron chi connectivity index (χ0n) is 10.2. The first-order chi connectivity index (χ1) is 8.65. The molecular formula is C14H17BrN2O. The van der Waals surface area contributed by atoms with Crippen molar-refractivity contribution in [1.82, 2.24) is 4.98 Å². The van der Waals surface area contributed by atoms with Gasteiger partial charge in [-0.2, -0.15) is 0 Å². The fraction of sp³-hybridized carbons (Fsp3) is 0.571. The minimum atomic E-state index is 0.0780. The lowest BCUT2D eigenvalue weighted by Crippen LogP contribution is -2.40. The van der Waals surface area contributed by atoms with Crippen LogP contribution in [-0.2, 0) is 11.2 Å². The van der Waals surface area contributed by atoms with E-state index >= 15 is 0 Å². The predicted octanol–water partition coefficient (Wildman–Crippen LogP) is 2.33. The summed E-state index contributed by atoms with van der Waals surface area (Å²) in [6, 6.07) is 3.92. The number of fused-ring (bicyclic) bond motifs is 2. The van der Waals surface area contributed by atoms with E-state index in [9.17, 15) is 4.79 Å². The molecule has 3 rings (SSSR count). The zero-order chi connectivity index (χ0) is 12.7. The Bertz CT molecular complexity index is 457. The van der Waals surface area contributed by atoms with Crippen LogP contribution in [0, 0.1) is 17.8 Å². The topological polar surface area (TPSA) is 56.0 Å². The summed E-state index contributed by atoms with van der Waals surface area (Å²) in [7, 11) is 0. The zero-order valence-corrected chi connectivity index (χ0v) is 11.8. The molecule has 2 fully saturated rings. The Labute approximate surface area is 115 Å². The van der Waals surface area contributed by atoms with Gasteiger partial charge in [-0.15, -0.1) is 0 Å². The molecule has 4 heteroatoms. The second-order valence-electron chi connectivity index (χ2n) is 5.55. The quantitative estimate of drug-likeness (QED) is 0.932. The maximum absolute atomic E-state index is 12.4. The molecule has 2 aliphatic carbocycles. The van der Waals surface area contributed by atoms with Crippen molar-refractivity contribution in [2.24, 2.45) is 23.5 Å². The number of Topliss-reactive ketones (excluding diaryl/α,β-unsaturated/α-hetero) is 1. The highest BCUT2D eigenvalue weighted by atomic mass is 79.9.